The monoisotopic (exact) mass is 301 g/mol. The minimum Gasteiger partial charge on any atom is -0.267 e. The summed E-state index contributed by atoms with van der Waals surface area (Å²) in [5.74, 6) is 0.0349. The Bertz CT molecular complexity index is 788. The third kappa shape index (κ3) is 4.04. The number of pyridine rings is 1. The van der Waals surface area contributed by atoms with Gasteiger partial charge in [0.1, 0.15) is 5.82 Å². The summed E-state index contributed by atoms with van der Waals surface area (Å²) in [6, 6.07) is 12.2. The van der Waals surface area contributed by atoms with E-state index in [1.165, 1.54) is 0 Å². The molecule has 0 saturated carbocycles. The summed E-state index contributed by atoms with van der Waals surface area (Å²) in [4.78, 5) is 4.15. The molecule has 108 valence electrons. The molecule has 5 nitrogen and oxygen atoms in total. The van der Waals surface area contributed by atoms with Gasteiger partial charge in [-0.15, -0.1) is 0 Å². The van der Waals surface area contributed by atoms with Crippen LogP contribution in [0.3, 0.4) is 0 Å². The standard InChI is InChI=1S/C15H15N3O2S/c1-11-7-12(2)17-15(8-11)18-21(19,20)10-14-6-4-3-5-13(14)9-16/h3-8H,10H2,1-2H3,(H,17,18). The number of benzene rings is 1. The summed E-state index contributed by atoms with van der Waals surface area (Å²) >= 11 is 0. The van der Waals surface area contributed by atoms with Gasteiger partial charge in [-0.25, -0.2) is 13.4 Å². The maximum absolute atomic E-state index is 12.2. The molecule has 0 atom stereocenters. The van der Waals surface area contributed by atoms with Crippen LogP contribution in [0.25, 0.3) is 0 Å². The molecule has 1 aromatic heterocycles. The summed E-state index contributed by atoms with van der Waals surface area (Å²) in [5, 5.41) is 9.00. The Labute approximate surface area is 124 Å². The van der Waals surface area contributed by atoms with Crippen LogP contribution in [0.5, 0.6) is 0 Å². The third-order valence-corrected chi connectivity index (χ3v) is 4.05. The third-order valence-electron chi connectivity index (χ3n) is 2.84. The van der Waals surface area contributed by atoms with E-state index in [2.05, 4.69) is 9.71 Å². The molecule has 1 N–H and O–H groups in total. The van der Waals surface area contributed by atoms with Gasteiger partial charge in [-0.1, -0.05) is 18.2 Å². The van der Waals surface area contributed by atoms with Crippen LogP contribution in [0.4, 0.5) is 5.82 Å². The van der Waals surface area contributed by atoms with Gasteiger partial charge in [0, 0.05) is 5.69 Å². The first-order chi connectivity index (χ1) is 9.89. The van der Waals surface area contributed by atoms with Crippen LogP contribution in [0.1, 0.15) is 22.4 Å². The minimum absolute atomic E-state index is 0.259. The zero-order valence-corrected chi connectivity index (χ0v) is 12.6. The van der Waals surface area contributed by atoms with E-state index in [9.17, 15) is 8.42 Å². The highest BCUT2D eigenvalue weighted by Gasteiger charge is 2.15. The molecular weight excluding hydrogens is 286 g/mol. The molecule has 0 unspecified atom stereocenters. The smallest absolute Gasteiger partial charge is 0.238 e. The average Bonchev–Trinajstić information content (AvgIpc) is 2.36. The number of rotatable bonds is 4. The molecule has 1 aromatic carbocycles. The Hall–Kier alpha value is -2.39. The van der Waals surface area contributed by atoms with Crippen molar-refractivity contribution >= 4 is 15.8 Å². The lowest BCUT2D eigenvalue weighted by Gasteiger charge is -2.09. The second-order valence-electron chi connectivity index (χ2n) is 4.80. The highest BCUT2D eigenvalue weighted by molar-refractivity contribution is 7.91. The van der Waals surface area contributed by atoms with Crippen molar-refractivity contribution in [2.24, 2.45) is 0 Å². The molecule has 0 saturated heterocycles. The van der Waals surface area contributed by atoms with Crippen molar-refractivity contribution in [2.75, 3.05) is 4.72 Å². The summed E-state index contributed by atoms with van der Waals surface area (Å²) in [7, 11) is -3.62. The molecule has 21 heavy (non-hydrogen) atoms. The first-order valence-electron chi connectivity index (χ1n) is 6.33. The van der Waals surface area contributed by atoms with Crippen LogP contribution in [0, 0.1) is 25.2 Å². The van der Waals surface area contributed by atoms with E-state index >= 15 is 0 Å². The molecule has 0 spiro atoms. The lowest BCUT2D eigenvalue weighted by molar-refractivity contribution is 0.600. The Morgan fingerprint density at radius 2 is 1.95 bits per heavy atom. The number of nitrogens with one attached hydrogen (secondary N) is 1. The van der Waals surface area contributed by atoms with Gasteiger partial charge in [-0.05, 0) is 43.2 Å². The molecule has 0 aliphatic rings. The molecule has 2 rings (SSSR count). The fourth-order valence-electron chi connectivity index (χ4n) is 2.05. The van der Waals surface area contributed by atoms with Crippen molar-refractivity contribution in [3.63, 3.8) is 0 Å². The second kappa shape index (κ2) is 5.94. The predicted octanol–water partition coefficient (Wildman–Crippen LogP) is 2.51. The number of aromatic nitrogens is 1. The maximum Gasteiger partial charge on any atom is 0.238 e. The lowest BCUT2D eigenvalue weighted by Crippen LogP contribution is -2.17. The van der Waals surface area contributed by atoms with Gasteiger partial charge >= 0.3 is 0 Å². The number of nitriles is 1. The van der Waals surface area contributed by atoms with E-state index in [1.807, 2.05) is 19.1 Å². The molecule has 0 radical (unpaired) electrons. The first kappa shape index (κ1) is 15.0. The first-order valence-corrected chi connectivity index (χ1v) is 7.98. The van der Waals surface area contributed by atoms with Gasteiger partial charge in [0.25, 0.3) is 0 Å². The van der Waals surface area contributed by atoms with Crippen LogP contribution in [0.15, 0.2) is 36.4 Å². The highest BCUT2D eigenvalue weighted by Crippen LogP contribution is 2.15. The average molecular weight is 301 g/mol. The largest absolute Gasteiger partial charge is 0.267 e. The zero-order chi connectivity index (χ0) is 15.5. The second-order valence-corrected chi connectivity index (χ2v) is 6.52. The van der Waals surface area contributed by atoms with E-state index < -0.39 is 10.0 Å². The van der Waals surface area contributed by atoms with E-state index in [1.54, 1.807) is 37.3 Å². The highest BCUT2D eigenvalue weighted by atomic mass is 32.2. The van der Waals surface area contributed by atoms with Crippen LogP contribution in [0.2, 0.25) is 0 Å². The topological polar surface area (TPSA) is 82.8 Å². The van der Waals surface area contributed by atoms with E-state index in [4.69, 9.17) is 5.26 Å². The van der Waals surface area contributed by atoms with Gasteiger partial charge in [0.2, 0.25) is 10.0 Å². The molecule has 0 aliphatic heterocycles. The van der Waals surface area contributed by atoms with Crippen molar-refractivity contribution in [2.45, 2.75) is 19.6 Å². The number of sulfonamides is 1. The Morgan fingerprint density at radius 3 is 2.62 bits per heavy atom. The Morgan fingerprint density at radius 1 is 1.24 bits per heavy atom. The van der Waals surface area contributed by atoms with Gasteiger partial charge in [0.05, 0.1) is 17.4 Å². The number of nitrogens with zero attached hydrogens (tertiary/aromatic N) is 2. The van der Waals surface area contributed by atoms with Gasteiger partial charge in [-0.3, -0.25) is 4.72 Å². The lowest BCUT2D eigenvalue weighted by atomic mass is 10.1. The predicted molar refractivity (Wildman–Crippen MR) is 81.1 cm³/mol. The molecular formula is C15H15N3O2S. The number of anilines is 1. The summed E-state index contributed by atoms with van der Waals surface area (Å²) in [6.45, 7) is 3.67. The number of hydrogen-bond donors (Lipinski definition) is 1. The van der Waals surface area contributed by atoms with E-state index in [-0.39, 0.29) is 5.75 Å². The van der Waals surface area contributed by atoms with Crippen molar-refractivity contribution in [3.8, 4) is 6.07 Å². The van der Waals surface area contributed by atoms with Gasteiger partial charge in [0.15, 0.2) is 0 Å². The van der Waals surface area contributed by atoms with Gasteiger partial charge < -0.3 is 0 Å². The molecule has 1 heterocycles. The number of aryl methyl sites for hydroxylation is 2. The Balaban J connectivity index is 2.25. The van der Waals surface area contributed by atoms with Crippen molar-refractivity contribution in [1.29, 1.82) is 5.26 Å². The summed E-state index contributed by atoms with van der Waals surface area (Å²) < 4.78 is 26.9. The van der Waals surface area contributed by atoms with Crippen molar-refractivity contribution < 1.29 is 8.42 Å². The SMILES string of the molecule is Cc1cc(C)nc(NS(=O)(=O)Cc2ccccc2C#N)c1. The summed E-state index contributed by atoms with van der Waals surface area (Å²) in [5.41, 5.74) is 2.50. The van der Waals surface area contributed by atoms with Crippen LogP contribution < -0.4 is 4.72 Å². The molecule has 0 aliphatic carbocycles. The molecule has 0 bridgehead atoms. The van der Waals surface area contributed by atoms with E-state index in [0.29, 0.717) is 16.9 Å². The van der Waals surface area contributed by atoms with Crippen LogP contribution in [-0.2, 0) is 15.8 Å². The quantitative estimate of drug-likeness (QED) is 0.940. The van der Waals surface area contributed by atoms with Crippen molar-refractivity contribution in [1.82, 2.24) is 4.98 Å². The fourth-order valence-corrected chi connectivity index (χ4v) is 3.21. The molecule has 6 heteroatoms. The summed E-state index contributed by atoms with van der Waals surface area (Å²) in [6.07, 6.45) is 0. The van der Waals surface area contributed by atoms with Crippen LogP contribution >= 0.6 is 0 Å². The fraction of sp³-hybridized carbons (Fsp3) is 0.200. The normalized spacial score (nSPS) is 10.9. The van der Waals surface area contributed by atoms with E-state index in [0.717, 1.165) is 11.3 Å². The minimum atomic E-state index is -3.62. The maximum atomic E-state index is 12.2. The molecule has 2 aromatic rings. The van der Waals surface area contributed by atoms with Gasteiger partial charge in [-0.2, -0.15) is 5.26 Å². The molecule has 0 amide bonds. The number of hydrogen-bond acceptors (Lipinski definition) is 4. The van der Waals surface area contributed by atoms with Crippen LogP contribution in [-0.4, -0.2) is 13.4 Å². The van der Waals surface area contributed by atoms with Crippen molar-refractivity contribution in [3.05, 3.63) is 58.8 Å². The zero-order valence-electron chi connectivity index (χ0n) is 11.8. The Kier molecular flexibility index (Phi) is 4.24. The molecule has 0 fully saturated rings.